The number of anilines is 2. The first-order valence-corrected chi connectivity index (χ1v) is 9.92. The summed E-state index contributed by atoms with van der Waals surface area (Å²) in [6.07, 6.45) is 4.01. The zero-order valence-electron chi connectivity index (χ0n) is 13.9. The molecule has 6 nitrogen and oxygen atoms in total. The molecule has 23 heavy (non-hydrogen) atoms. The second-order valence-electron chi connectivity index (χ2n) is 6.57. The largest absolute Gasteiger partial charge is 0.376 e. The summed E-state index contributed by atoms with van der Waals surface area (Å²) in [5, 5.41) is 3.54. The van der Waals surface area contributed by atoms with Crippen molar-refractivity contribution in [3.05, 3.63) is 12.4 Å². The van der Waals surface area contributed by atoms with Crippen molar-refractivity contribution >= 4 is 22.4 Å². The molecule has 2 aliphatic rings. The van der Waals surface area contributed by atoms with E-state index in [0.29, 0.717) is 12.0 Å². The summed E-state index contributed by atoms with van der Waals surface area (Å²) in [7, 11) is -0.673. The highest BCUT2D eigenvalue weighted by atomic mass is 32.2. The summed E-state index contributed by atoms with van der Waals surface area (Å²) in [5.74, 6) is 3.68. The van der Waals surface area contributed by atoms with Gasteiger partial charge in [0, 0.05) is 48.1 Å². The lowest BCUT2D eigenvalue weighted by Crippen LogP contribution is -2.43. The van der Waals surface area contributed by atoms with E-state index >= 15 is 0 Å². The van der Waals surface area contributed by atoms with Crippen molar-refractivity contribution in [1.82, 2.24) is 9.97 Å². The zero-order valence-corrected chi connectivity index (χ0v) is 14.7. The van der Waals surface area contributed by atoms with E-state index in [9.17, 15) is 4.21 Å². The molecule has 0 bridgehead atoms. The fraction of sp³-hybridized carbons (Fsp3) is 0.750. The lowest BCUT2D eigenvalue weighted by atomic mass is 9.94. The van der Waals surface area contributed by atoms with E-state index in [2.05, 4.69) is 34.0 Å². The quantitative estimate of drug-likeness (QED) is 0.901. The Kier molecular flexibility index (Phi) is 5.48. The second-order valence-corrected chi connectivity index (χ2v) is 8.27. The molecule has 0 aromatic carbocycles. The Morgan fingerprint density at radius 2 is 2.13 bits per heavy atom. The second kappa shape index (κ2) is 7.57. The van der Waals surface area contributed by atoms with Crippen LogP contribution in [0.2, 0.25) is 0 Å². The molecule has 2 aliphatic heterocycles. The molecule has 0 aliphatic carbocycles. The van der Waals surface area contributed by atoms with Gasteiger partial charge in [-0.25, -0.2) is 9.97 Å². The first kappa shape index (κ1) is 16.6. The van der Waals surface area contributed by atoms with Gasteiger partial charge in [-0.3, -0.25) is 4.21 Å². The smallest absolute Gasteiger partial charge is 0.134 e. The highest BCUT2D eigenvalue weighted by molar-refractivity contribution is 7.85. The van der Waals surface area contributed by atoms with Gasteiger partial charge in [0.15, 0.2) is 0 Å². The van der Waals surface area contributed by atoms with Gasteiger partial charge in [-0.05, 0) is 18.8 Å². The van der Waals surface area contributed by atoms with Crippen molar-refractivity contribution in [3.63, 3.8) is 0 Å². The molecule has 0 amide bonds. The number of hydrogen-bond donors (Lipinski definition) is 1. The van der Waals surface area contributed by atoms with Gasteiger partial charge in [0.1, 0.15) is 18.0 Å². The molecular formula is C16H26N4O2S. The van der Waals surface area contributed by atoms with Crippen LogP contribution in [-0.4, -0.2) is 57.5 Å². The first-order chi connectivity index (χ1) is 11.1. The molecule has 2 atom stereocenters. The van der Waals surface area contributed by atoms with Crippen LogP contribution in [0.15, 0.2) is 12.4 Å². The van der Waals surface area contributed by atoms with Crippen LogP contribution in [0.3, 0.4) is 0 Å². The Morgan fingerprint density at radius 3 is 2.87 bits per heavy atom. The van der Waals surface area contributed by atoms with Crippen molar-refractivity contribution in [2.24, 2.45) is 5.92 Å². The lowest BCUT2D eigenvalue weighted by Gasteiger charge is -2.35. The predicted octanol–water partition coefficient (Wildman–Crippen LogP) is 1.66. The minimum atomic E-state index is -0.673. The molecule has 3 heterocycles. The van der Waals surface area contributed by atoms with E-state index in [1.807, 2.05) is 6.07 Å². The molecule has 0 spiro atoms. The third-order valence-corrected chi connectivity index (χ3v) is 5.79. The van der Waals surface area contributed by atoms with Gasteiger partial charge in [-0.15, -0.1) is 0 Å². The monoisotopic (exact) mass is 338 g/mol. The molecule has 1 N–H and O–H groups in total. The van der Waals surface area contributed by atoms with Crippen LogP contribution in [-0.2, 0) is 15.5 Å². The van der Waals surface area contributed by atoms with Crippen molar-refractivity contribution in [1.29, 1.82) is 0 Å². The van der Waals surface area contributed by atoms with Crippen LogP contribution in [0.1, 0.15) is 26.7 Å². The Morgan fingerprint density at radius 1 is 1.35 bits per heavy atom. The van der Waals surface area contributed by atoms with Gasteiger partial charge in [0.25, 0.3) is 0 Å². The summed E-state index contributed by atoms with van der Waals surface area (Å²) < 4.78 is 17.4. The normalized spacial score (nSPS) is 26.5. The minimum absolute atomic E-state index is 0.222. The summed E-state index contributed by atoms with van der Waals surface area (Å²) in [6.45, 7) is 6.84. The average Bonchev–Trinajstić information content (AvgIpc) is 2.56. The standard InChI is InChI=1S/C16H26N4O2S/c1-12(2)16-13(4-3-7-22-16)19-14-10-15(18-11-17-14)20-5-8-23(21)9-6-20/h10-13,16H,3-9H2,1-2H3,(H,17,18,19). The highest BCUT2D eigenvalue weighted by Gasteiger charge is 2.29. The molecule has 7 heteroatoms. The van der Waals surface area contributed by atoms with Gasteiger partial charge < -0.3 is 15.0 Å². The fourth-order valence-corrected chi connectivity index (χ4v) is 4.32. The maximum Gasteiger partial charge on any atom is 0.134 e. The first-order valence-electron chi connectivity index (χ1n) is 8.43. The third kappa shape index (κ3) is 4.20. The molecule has 0 saturated carbocycles. The van der Waals surface area contributed by atoms with E-state index in [4.69, 9.17) is 4.74 Å². The molecule has 2 saturated heterocycles. The van der Waals surface area contributed by atoms with Crippen molar-refractivity contribution in [2.45, 2.75) is 38.8 Å². The van der Waals surface area contributed by atoms with Crippen molar-refractivity contribution < 1.29 is 8.95 Å². The summed E-state index contributed by atoms with van der Waals surface area (Å²) >= 11 is 0. The minimum Gasteiger partial charge on any atom is -0.376 e. The van der Waals surface area contributed by atoms with Crippen LogP contribution >= 0.6 is 0 Å². The summed E-state index contributed by atoms with van der Waals surface area (Å²) in [6, 6.07) is 2.29. The molecular weight excluding hydrogens is 312 g/mol. The van der Waals surface area contributed by atoms with Crippen LogP contribution in [0, 0.1) is 5.92 Å². The van der Waals surface area contributed by atoms with E-state index in [1.165, 1.54) is 0 Å². The Balaban J connectivity index is 1.68. The van der Waals surface area contributed by atoms with Gasteiger partial charge in [0.2, 0.25) is 0 Å². The number of aromatic nitrogens is 2. The van der Waals surface area contributed by atoms with E-state index in [-0.39, 0.29) is 6.10 Å². The van der Waals surface area contributed by atoms with Gasteiger partial charge >= 0.3 is 0 Å². The topological polar surface area (TPSA) is 67.3 Å². The Labute approximate surface area is 140 Å². The third-order valence-electron chi connectivity index (χ3n) is 4.51. The summed E-state index contributed by atoms with van der Waals surface area (Å²) in [4.78, 5) is 10.9. The molecule has 128 valence electrons. The maximum absolute atomic E-state index is 11.5. The molecule has 3 rings (SSSR count). The molecule has 2 fully saturated rings. The Bertz CT molecular complexity index is 545. The Hall–Kier alpha value is -1.21. The molecule has 1 aromatic rings. The number of hydrogen-bond acceptors (Lipinski definition) is 6. The van der Waals surface area contributed by atoms with E-state index < -0.39 is 10.8 Å². The van der Waals surface area contributed by atoms with Crippen LogP contribution < -0.4 is 10.2 Å². The predicted molar refractivity (Wildman–Crippen MR) is 93.3 cm³/mol. The van der Waals surface area contributed by atoms with Crippen LogP contribution in [0.4, 0.5) is 11.6 Å². The molecule has 0 radical (unpaired) electrons. The SMILES string of the molecule is CC(C)C1OCCCC1Nc1cc(N2CCS(=O)CC2)ncn1. The van der Waals surface area contributed by atoms with Gasteiger partial charge in [-0.2, -0.15) is 0 Å². The van der Waals surface area contributed by atoms with Gasteiger partial charge in [-0.1, -0.05) is 13.8 Å². The molecule has 1 aromatic heterocycles. The van der Waals surface area contributed by atoms with Crippen molar-refractivity contribution in [2.75, 3.05) is 41.4 Å². The van der Waals surface area contributed by atoms with E-state index in [1.54, 1.807) is 6.33 Å². The number of ether oxygens (including phenoxy) is 1. The maximum atomic E-state index is 11.5. The molecule has 2 unspecified atom stereocenters. The van der Waals surface area contributed by atoms with Crippen LogP contribution in [0.5, 0.6) is 0 Å². The number of nitrogens with one attached hydrogen (secondary N) is 1. The summed E-state index contributed by atoms with van der Waals surface area (Å²) in [5.41, 5.74) is 0. The van der Waals surface area contributed by atoms with Crippen molar-refractivity contribution in [3.8, 4) is 0 Å². The van der Waals surface area contributed by atoms with Gasteiger partial charge in [0.05, 0.1) is 12.1 Å². The zero-order chi connectivity index (χ0) is 16.2. The van der Waals surface area contributed by atoms with Crippen LogP contribution in [0.25, 0.3) is 0 Å². The number of rotatable bonds is 4. The van der Waals surface area contributed by atoms with E-state index in [0.717, 1.165) is 55.7 Å². The number of nitrogens with zero attached hydrogens (tertiary/aromatic N) is 3. The fourth-order valence-electron chi connectivity index (χ4n) is 3.27. The average molecular weight is 338 g/mol. The lowest BCUT2D eigenvalue weighted by molar-refractivity contribution is -0.0203. The highest BCUT2D eigenvalue weighted by Crippen LogP contribution is 2.24.